The molecule has 2 aromatic heterocycles. The largest absolute Gasteiger partial charge is 0.368 e. The summed E-state index contributed by atoms with van der Waals surface area (Å²) in [6, 6.07) is 0. The van der Waals surface area contributed by atoms with Crippen LogP contribution in [0.5, 0.6) is 0 Å². The summed E-state index contributed by atoms with van der Waals surface area (Å²) in [6.07, 6.45) is 4.85. The third kappa shape index (κ3) is 2.92. The molecule has 0 spiro atoms. The first-order chi connectivity index (χ1) is 10.3. The van der Waals surface area contributed by atoms with Gasteiger partial charge in [0.25, 0.3) is 0 Å². The second-order valence-corrected chi connectivity index (χ2v) is 8.39. The molecule has 2 aromatic rings. The minimum Gasteiger partial charge on any atom is -0.368 e. The zero-order valence-electron chi connectivity index (χ0n) is 13.2. The Bertz CT molecular complexity index is 799. The Labute approximate surface area is 130 Å². The Hall–Kier alpha value is -1.70. The van der Waals surface area contributed by atoms with Crippen LogP contribution in [0.1, 0.15) is 24.1 Å². The van der Waals surface area contributed by atoms with Crippen molar-refractivity contribution in [3.05, 3.63) is 17.6 Å². The molecular formula is C14H21N5O2S. The van der Waals surface area contributed by atoms with Gasteiger partial charge in [0.05, 0.1) is 17.1 Å². The van der Waals surface area contributed by atoms with E-state index in [0.29, 0.717) is 0 Å². The average Bonchev–Trinajstić information content (AvgIpc) is 2.85. The number of aryl methyl sites for hydroxylation is 1. The van der Waals surface area contributed by atoms with Crippen LogP contribution in [-0.4, -0.2) is 53.3 Å². The molecule has 0 bridgehead atoms. The van der Waals surface area contributed by atoms with Crippen LogP contribution in [0.15, 0.2) is 6.33 Å². The molecule has 120 valence electrons. The lowest BCUT2D eigenvalue weighted by Gasteiger charge is -2.35. The van der Waals surface area contributed by atoms with E-state index in [0.717, 1.165) is 48.5 Å². The lowest BCUT2D eigenvalue weighted by atomic mass is 9.99. The quantitative estimate of drug-likeness (QED) is 0.838. The smallest absolute Gasteiger partial charge is 0.201 e. The van der Waals surface area contributed by atoms with Gasteiger partial charge in [0.2, 0.25) is 5.65 Å². The summed E-state index contributed by atoms with van der Waals surface area (Å²) in [6.45, 7) is 5.65. The van der Waals surface area contributed by atoms with Crippen LogP contribution in [0, 0.1) is 19.8 Å². The second kappa shape index (κ2) is 5.49. The van der Waals surface area contributed by atoms with E-state index in [1.165, 1.54) is 6.26 Å². The van der Waals surface area contributed by atoms with Crippen molar-refractivity contribution in [2.24, 2.45) is 5.92 Å². The van der Waals surface area contributed by atoms with Gasteiger partial charge in [0.15, 0.2) is 0 Å². The van der Waals surface area contributed by atoms with Crippen molar-refractivity contribution in [2.75, 3.05) is 30.0 Å². The van der Waals surface area contributed by atoms with Crippen molar-refractivity contribution < 1.29 is 8.42 Å². The predicted octanol–water partition coefficient (Wildman–Crippen LogP) is 1.00. The topological polar surface area (TPSA) is 80.5 Å². The van der Waals surface area contributed by atoms with Crippen molar-refractivity contribution in [3.63, 3.8) is 0 Å². The van der Waals surface area contributed by atoms with E-state index in [-0.39, 0.29) is 11.7 Å². The highest BCUT2D eigenvalue weighted by molar-refractivity contribution is 7.90. The lowest BCUT2D eigenvalue weighted by Crippen LogP contribution is -2.39. The molecule has 1 aliphatic heterocycles. The van der Waals surface area contributed by atoms with E-state index < -0.39 is 9.84 Å². The zero-order chi connectivity index (χ0) is 15.9. The summed E-state index contributed by atoms with van der Waals surface area (Å²) in [5.41, 5.74) is 3.79. The molecule has 7 nitrogen and oxygen atoms in total. The van der Waals surface area contributed by atoms with Gasteiger partial charge in [-0.15, -0.1) is 10.2 Å². The van der Waals surface area contributed by atoms with E-state index in [4.69, 9.17) is 0 Å². The molecule has 1 unspecified atom stereocenters. The fraction of sp³-hybridized carbons (Fsp3) is 0.643. The van der Waals surface area contributed by atoms with E-state index >= 15 is 0 Å². The van der Waals surface area contributed by atoms with E-state index in [9.17, 15) is 8.42 Å². The molecule has 0 aliphatic carbocycles. The Morgan fingerprint density at radius 2 is 2.14 bits per heavy atom. The van der Waals surface area contributed by atoms with Crippen molar-refractivity contribution in [3.8, 4) is 0 Å². The monoisotopic (exact) mass is 323 g/mol. The fourth-order valence-corrected chi connectivity index (χ4v) is 4.37. The highest BCUT2D eigenvalue weighted by Gasteiger charge is 2.26. The first-order valence-electron chi connectivity index (χ1n) is 7.45. The summed E-state index contributed by atoms with van der Waals surface area (Å²) < 4.78 is 24.9. The van der Waals surface area contributed by atoms with Crippen LogP contribution < -0.4 is 4.90 Å². The van der Waals surface area contributed by atoms with Gasteiger partial charge in [-0.25, -0.2) is 8.42 Å². The molecule has 22 heavy (non-hydrogen) atoms. The van der Waals surface area contributed by atoms with Crippen molar-refractivity contribution in [1.82, 2.24) is 19.8 Å². The number of hydrogen-bond acceptors (Lipinski definition) is 6. The predicted molar refractivity (Wildman–Crippen MR) is 84.9 cm³/mol. The second-order valence-electron chi connectivity index (χ2n) is 6.20. The van der Waals surface area contributed by atoms with E-state index in [1.807, 2.05) is 13.8 Å². The molecule has 1 fully saturated rings. The van der Waals surface area contributed by atoms with Gasteiger partial charge in [-0.1, -0.05) is 0 Å². The molecule has 0 saturated carbocycles. The van der Waals surface area contributed by atoms with Crippen molar-refractivity contribution in [1.29, 1.82) is 0 Å². The highest BCUT2D eigenvalue weighted by atomic mass is 32.2. The maximum absolute atomic E-state index is 11.6. The highest BCUT2D eigenvalue weighted by Crippen LogP contribution is 2.30. The maximum atomic E-state index is 11.6. The van der Waals surface area contributed by atoms with Crippen LogP contribution in [0.3, 0.4) is 0 Å². The van der Waals surface area contributed by atoms with Gasteiger partial charge in [-0.2, -0.15) is 9.61 Å². The van der Waals surface area contributed by atoms with Gasteiger partial charge in [0, 0.05) is 19.3 Å². The van der Waals surface area contributed by atoms with Gasteiger partial charge in [0.1, 0.15) is 16.2 Å². The number of piperidine rings is 1. The van der Waals surface area contributed by atoms with E-state index in [2.05, 4.69) is 20.2 Å². The lowest BCUT2D eigenvalue weighted by molar-refractivity contribution is 0.444. The van der Waals surface area contributed by atoms with Gasteiger partial charge < -0.3 is 4.90 Å². The fourth-order valence-electron chi connectivity index (χ4n) is 3.25. The molecule has 8 heteroatoms. The zero-order valence-corrected chi connectivity index (χ0v) is 14.0. The number of nitrogens with zero attached hydrogens (tertiary/aromatic N) is 5. The molecule has 0 N–H and O–H groups in total. The SMILES string of the molecule is Cc1nn2cnnc2c(N2CCCC(CS(C)(=O)=O)C2)c1C. The van der Waals surface area contributed by atoms with Crippen LogP contribution in [-0.2, 0) is 9.84 Å². The standard InChI is InChI=1S/C14H21N5O2S/c1-10-11(2)17-19-9-15-16-14(19)13(10)18-6-4-5-12(7-18)8-22(3,20)21/h9,12H,4-8H2,1-3H3. The third-order valence-electron chi connectivity index (χ3n) is 4.27. The van der Waals surface area contributed by atoms with Crippen molar-refractivity contribution in [2.45, 2.75) is 26.7 Å². The van der Waals surface area contributed by atoms with Gasteiger partial charge in [-0.3, -0.25) is 0 Å². The Morgan fingerprint density at radius 1 is 1.36 bits per heavy atom. The third-order valence-corrected chi connectivity index (χ3v) is 5.35. The van der Waals surface area contributed by atoms with E-state index in [1.54, 1.807) is 10.8 Å². The number of rotatable bonds is 3. The number of sulfone groups is 1. The molecule has 3 heterocycles. The molecule has 1 aliphatic rings. The Balaban J connectivity index is 1.97. The molecule has 1 atom stereocenters. The number of fused-ring (bicyclic) bond motifs is 1. The number of anilines is 1. The molecular weight excluding hydrogens is 302 g/mol. The van der Waals surface area contributed by atoms with Crippen LogP contribution >= 0.6 is 0 Å². The summed E-state index contributed by atoms with van der Waals surface area (Å²) in [7, 11) is -2.95. The summed E-state index contributed by atoms with van der Waals surface area (Å²) in [5.74, 6) is 0.412. The summed E-state index contributed by atoms with van der Waals surface area (Å²) >= 11 is 0. The van der Waals surface area contributed by atoms with Gasteiger partial charge in [-0.05, 0) is 38.2 Å². The van der Waals surface area contributed by atoms with Gasteiger partial charge >= 0.3 is 0 Å². The molecule has 0 radical (unpaired) electrons. The van der Waals surface area contributed by atoms with Crippen LogP contribution in [0.2, 0.25) is 0 Å². The number of hydrogen-bond donors (Lipinski definition) is 0. The molecule has 0 aromatic carbocycles. The first-order valence-corrected chi connectivity index (χ1v) is 9.51. The molecule has 0 amide bonds. The minimum absolute atomic E-state index is 0.166. The maximum Gasteiger partial charge on any atom is 0.201 e. The van der Waals surface area contributed by atoms with Crippen molar-refractivity contribution >= 4 is 21.2 Å². The Kier molecular flexibility index (Phi) is 3.80. The van der Waals surface area contributed by atoms with Crippen LogP contribution in [0.25, 0.3) is 5.65 Å². The normalized spacial score (nSPS) is 19.8. The Morgan fingerprint density at radius 3 is 2.86 bits per heavy atom. The summed E-state index contributed by atoms with van der Waals surface area (Å²) in [4.78, 5) is 2.24. The minimum atomic E-state index is -2.95. The first kappa shape index (κ1) is 15.2. The molecule has 3 rings (SSSR count). The van der Waals surface area contributed by atoms with Crippen LogP contribution in [0.4, 0.5) is 5.69 Å². The molecule has 1 saturated heterocycles. The number of aromatic nitrogens is 4. The summed E-state index contributed by atoms with van der Waals surface area (Å²) in [5, 5.41) is 12.6. The average molecular weight is 323 g/mol.